The summed E-state index contributed by atoms with van der Waals surface area (Å²) >= 11 is 5.69. The second kappa shape index (κ2) is 5.30. The van der Waals surface area contributed by atoms with E-state index in [9.17, 15) is 13.2 Å². The van der Waals surface area contributed by atoms with Crippen molar-refractivity contribution in [3.63, 3.8) is 0 Å². The van der Waals surface area contributed by atoms with Gasteiger partial charge in [0.2, 0.25) is 0 Å². The van der Waals surface area contributed by atoms with Crippen LogP contribution >= 0.6 is 11.6 Å². The Balaban J connectivity index is 2.36. The van der Waals surface area contributed by atoms with Crippen LogP contribution in [0, 0.1) is 0 Å². The molecule has 18 heavy (non-hydrogen) atoms. The molecule has 0 bridgehead atoms. The summed E-state index contributed by atoms with van der Waals surface area (Å²) in [6.07, 6.45) is 1.30. The van der Waals surface area contributed by atoms with Gasteiger partial charge in [0.15, 0.2) is 5.82 Å². The summed E-state index contributed by atoms with van der Waals surface area (Å²) in [5.74, 6) is 0.0574. The van der Waals surface area contributed by atoms with Gasteiger partial charge in [0, 0.05) is 29.7 Å². The lowest BCUT2D eigenvalue weighted by molar-refractivity contribution is 0.146. The third-order valence-electron chi connectivity index (χ3n) is 2.23. The van der Waals surface area contributed by atoms with Gasteiger partial charge in [-0.1, -0.05) is 11.6 Å². The van der Waals surface area contributed by atoms with E-state index in [0.717, 1.165) is 0 Å². The van der Waals surface area contributed by atoms with Crippen molar-refractivity contribution in [2.75, 3.05) is 0 Å². The van der Waals surface area contributed by atoms with Gasteiger partial charge >= 0.3 is 0 Å². The molecule has 3 nitrogen and oxygen atoms in total. The molecule has 0 atom stereocenters. The van der Waals surface area contributed by atoms with Gasteiger partial charge in [0.05, 0.1) is 5.02 Å². The van der Waals surface area contributed by atoms with E-state index >= 15 is 0 Å². The molecule has 94 valence electrons. The molecular formula is C11H7ClF3N3. The minimum atomic E-state index is -2.73. The summed E-state index contributed by atoms with van der Waals surface area (Å²) in [7, 11) is 0. The number of nitrogens with zero attached hydrogens (tertiary/aromatic N) is 3. The molecule has 0 saturated carbocycles. The molecule has 0 aliphatic heterocycles. The zero-order valence-electron chi connectivity index (χ0n) is 8.95. The Morgan fingerprint density at radius 3 is 2.17 bits per heavy atom. The van der Waals surface area contributed by atoms with Crippen LogP contribution in [0.1, 0.15) is 17.9 Å². The molecule has 0 amide bonds. The molecule has 0 fully saturated rings. The second-order valence-corrected chi connectivity index (χ2v) is 3.82. The zero-order chi connectivity index (χ0) is 13.1. The quantitative estimate of drug-likeness (QED) is 0.858. The molecule has 0 aliphatic rings. The van der Waals surface area contributed by atoms with Crippen molar-refractivity contribution in [1.29, 1.82) is 0 Å². The number of alkyl halides is 3. The van der Waals surface area contributed by atoms with Crippen LogP contribution in [0.3, 0.4) is 0 Å². The van der Waals surface area contributed by atoms with Gasteiger partial charge in [0.25, 0.3) is 6.43 Å². The first-order chi connectivity index (χ1) is 8.61. The maximum Gasteiger partial charge on any atom is 0.281 e. The van der Waals surface area contributed by atoms with Crippen LogP contribution in [0.15, 0.2) is 24.7 Å². The topological polar surface area (TPSA) is 38.7 Å². The molecule has 0 saturated heterocycles. The van der Waals surface area contributed by atoms with Gasteiger partial charge < -0.3 is 0 Å². The van der Waals surface area contributed by atoms with Crippen LogP contribution < -0.4 is 0 Å². The summed E-state index contributed by atoms with van der Waals surface area (Å²) in [5, 5.41) is -0.128. The van der Waals surface area contributed by atoms with Gasteiger partial charge in [-0.05, 0) is 6.07 Å². The molecule has 0 radical (unpaired) electrons. The number of halogens is 4. The summed E-state index contributed by atoms with van der Waals surface area (Å²) in [5.41, 5.74) is 0.555. The fourth-order valence-corrected chi connectivity index (χ4v) is 1.59. The first-order valence-corrected chi connectivity index (χ1v) is 5.30. The Labute approximate surface area is 106 Å². The normalized spacial score (nSPS) is 10.9. The molecule has 0 aliphatic carbocycles. The van der Waals surface area contributed by atoms with Crippen molar-refractivity contribution >= 4 is 11.6 Å². The Morgan fingerprint density at radius 1 is 1.06 bits per heavy atom. The van der Waals surface area contributed by atoms with Gasteiger partial charge in [-0.25, -0.2) is 23.1 Å². The maximum atomic E-state index is 12.4. The lowest BCUT2D eigenvalue weighted by atomic mass is 10.1. The average molecular weight is 274 g/mol. The van der Waals surface area contributed by atoms with E-state index in [-0.39, 0.29) is 10.8 Å². The fraction of sp³-hybridized carbons (Fsp3) is 0.182. The van der Waals surface area contributed by atoms with Gasteiger partial charge in [0.1, 0.15) is 12.4 Å². The summed E-state index contributed by atoms with van der Waals surface area (Å²) in [6.45, 7) is -0.760. The molecule has 0 spiro atoms. The van der Waals surface area contributed by atoms with Crippen LogP contribution in [0.5, 0.6) is 0 Å². The van der Waals surface area contributed by atoms with Crippen LogP contribution in [0.25, 0.3) is 11.1 Å². The SMILES string of the molecule is FCc1ncc(-c2cnc(C(F)F)c(Cl)c2)cn1. The van der Waals surface area contributed by atoms with Gasteiger partial charge in [-0.3, -0.25) is 4.98 Å². The Hall–Kier alpha value is -1.69. The average Bonchev–Trinajstić information content (AvgIpc) is 2.38. The van der Waals surface area contributed by atoms with Crippen LogP contribution in [0.4, 0.5) is 13.2 Å². The van der Waals surface area contributed by atoms with E-state index in [1.54, 1.807) is 0 Å². The van der Waals surface area contributed by atoms with Crippen LogP contribution in [-0.2, 0) is 6.67 Å². The zero-order valence-corrected chi connectivity index (χ0v) is 9.70. The fourth-order valence-electron chi connectivity index (χ4n) is 1.34. The molecule has 0 unspecified atom stereocenters. The highest BCUT2D eigenvalue weighted by atomic mass is 35.5. The van der Waals surface area contributed by atoms with Gasteiger partial charge in [-0.15, -0.1) is 0 Å². The predicted octanol–water partition coefficient (Wildman–Crippen LogP) is 3.60. The summed E-state index contributed by atoms with van der Waals surface area (Å²) in [6, 6.07) is 1.35. The monoisotopic (exact) mass is 273 g/mol. The second-order valence-electron chi connectivity index (χ2n) is 3.41. The third kappa shape index (κ3) is 2.59. The van der Waals surface area contributed by atoms with Crippen LogP contribution in [0.2, 0.25) is 5.02 Å². The maximum absolute atomic E-state index is 12.4. The minimum absolute atomic E-state index is 0.0574. The van der Waals surface area contributed by atoms with E-state index in [0.29, 0.717) is 11.1 Å². The predicted molar refractivity (Wildman–Crippen MR) is 60.0 cm³/mol. The smallest absolute Gasteiger partial charge is 0.253 e. The van der Waals surface area contributed by atoms with Gasteiger partial charge in [-0.2, -0.15) is 0 Å². The number of pyridine rings is 1. The van der Waals surface area contributed by atoms with Crippen molar-refractivity contribution in [1.82, 2.24) is 15.0 Å². The highest BCUT2D eigenvalue weighted by Gasteiger charge is 2.14. The highest BCUT2D eigenvalue weighted by molar-refractivity contribution is 6.31. The first-order valence-electron chi connectivity index (χ1n) is 4.92. The van der Waals surface area contributed by atoms with Crippen molar-refractivity contribution in [2.24, 2.45) is 0 Å². The van der Waals surface area contributed by atoms with E-state index in [4.69, 9.17) is 11.6 Å². The Morgan fingerprint density at radius 2 is 1.67 bits per heavy atom. The van der Waals surface area contributed by atoms with Crippen molar-refractivity contribution in [3.05, 3.63) is 41.2 Å². The third-order valence-corrected chi connectivity index (χ3v) is 2.54. The molecule has 2 rings (SSSR count). The molecule has 2 heterocycles. The lowest BCUT2D eigenvalue weighted by Gasteiger charge is -2.05. The lowest BCUT2D eigenvalue weighted by Crippen LogP contribution is -1.94. The summed E-state index contributed by atoms with van der Waals surface area (Å²) in [4.78, 5) is 11.1. The van der Waals surface area contributed by atoms with Crippen molar-refractivity contribution in [2.45, 2.75) is 13.1 Å². The molecule has 0 aromatic carbocycles. The number of rotatable bonds is 3. The minimum Gasteiger partial charge on any atom is -0.253 e. The summed E-state index contributed by atoms with van der Waals surface area (Å²) < 4.78 is 37.1. The number of hydrogen-bond acceptors (Lipinski definition) is 3. The van der Waals surface area contributed by atoms with E-state index in [1.807, 2.05) is 0 Å². The van der Waals surface area contributed by atoms with E-state index in [2.05, 4.69) is 15.0 Å². The molecule has 2 aromatic rings. The highest BCUT2D eigenvalue weighted by Crippen LogP contribution is 2.28. The molecule has 2 aromatic heterocycles. The van der Waals surface area contributed by atoms with Crippen molar-refractivity contribution in [3.8, 4) is 11.1 Å². The van der Waals surface area contributed by atoms with Crippen molar-refractivity contribution < 1.29 is 13.2 Å². The Bertz CT molecular complexity index is 546. The first kappa shape index (κ1) is 12.8. The Kier molecular flexibility index (Phi) is 3.76. The molecule has 0 N–H and O–H groups in total. The number of aromatic nitrogens is 3. The largest absolute Gasteiger partial charge is 0.281 e. The molecule has 7 heteroatoms. The molecular weight excluding hydrogens is 267 g/mol. The van der Waals surface area contributed by atoms with E-state index < -0.39 is 18.8 Å². The number of hydrogen-bond donors (Lipinski definition) is 0. The van der Waals surface area contributed by atoms with Crippen LogP contribution in [-0.4, -0.2) is 15.0 Å². The van der Waals surface area contributed by atoms with E-state index in [1.165, 1.54) is 24.7 Å². The standard InChI is InChI=1S/C11H7ClF3N3/c12-8-1-6(3-18-10(8)11(14)15)7-4-16-9(2-13)17-5-7/h1,3-5,11H,2H2.